The van der Waals surface area contributed by atoms with Crippen molar-refractivity contribution in [3.8, 4) is 67.2 Å². The standard InChI is InChI=1S/C46H30N2S/c1-4-14-31(15-5-1)34-20-12-22-36(26-34)38-28-39(37-23-13-21-35(27-37)32-16-6-2-7-17-32)30-40(29-38)45-47-44(33-18-8-3-9-19-33)43-41-24-10-11-25-42(41)49-46(43)48-45/h1-30H. The van der Waals surface area contributed by atoms with Crippen LogP contribution in [-0.2, 0) is 0 Å². The number of nitrogens with zero attached hydrogens (tertiary/aromatic N) is 2. The van der Waals surface area contributed by atoms with Gasteiger partial charge in [0.25, 0.3) is 0 Å². The molecule has 0 aliphatic carbocycles. The number of benzene rings is 7. The molecule has 0 amide bonds. The van der Waals surface area contributed by atoms with Gasteiger partial charge < -0.3 is 0 Å². The maximum atomic E-state index is 5.36. The van der Waals surface area contributed by atoms with E-state index in [1.54, 1.807) is 11.3 Å². The first kappa shape index (κ1) is 29.0. The van der Waals surface area contributed by atoms with E-state index in [1.165, 1.54) is 32.3 Å². The molecule has 7 aromatic carbocycles. The molecular weight excluding hydrogens is 613 g/mol. The fourth-order valence-corrected chi connectivity index (χ4v) is 7.74. The summed E-state index contributed by atoms with van der Waals surface area (Å²) in [5, 5.41) is 2.30. The van der Waals surface area contributed by atoms with E-state index in [2.05, 4.69) is 182 Å². The number of hydrogen-bond acceptors (Lipinski definition) is 3. The maximum absolute atomic E-state index is 5.36. The Morgan fingerprint density at radius 3 is 1.33 bits per heavy atom. The van der Waals surface area contributed by atoms with Gasteiger partial charge in [0.2, 0.25) is 0 Å². The normalized spacial score (nSPS) is 11.3. The maximum Gasteiger partial charge on any atom is 0.161 e. The molecule has 0 bridgehead atoms. The van der Waals surface area contributed by atoms with E-state index in [9.17, 15) is 0 Å². The fourth-order valence-electron chi connectivity index (χ4n) is 6.67. The van der Waals surface area contributed by atoms with Crippen LogP contribution in [0.1, 0.15) is 0 Å². The average Bonchev–Trinajstić information content (AvgIpc) is 3.57. The van der Waals surface area contributed by atoms with Gasteiger partial charge in [0.1, 0.15) is 4.83 Å². The Hall–Kier alpha value is -6.16. The second-order valence-electron chi connectivity index (χ2n) is 12.2. The van der Waals surface area contributed by atoms with Gasteiger partial charge in [0.05, 0.1) is 5.69 Å². The predicted octanol–water partition coefficient (Wildman–Crippen LogP) is 12.8. The van der Waals surface area contributed by atoms with Crippen LogP contribution in [0, 0.1) is 0 Å². The molecule has 2 heterocycles. The smallest absolute Gasteiger partial charge is 0.161 e. The Balaban J connectivity index is 1.27. The van der Waals surface area contributed by atoms with E-state index in [1.807, 2.05) is 0 Å². The summed E-state index contributed by atoms with van der Waals surface area (Å²) in [4.78, 5) is 11.6. The Morgan fingerprint density at radius 1 is 0.327 bits per heavy atom. The summed E-state index contributed by atoms with van der Waals surface area (Å²) in [6.45, 7) is 0. The Bertz CT molecular complexity index is 2490. The minimum absolute atomic E-state index is 0.722. The SMILES string of the molecule is c1ccc(-c2cccc(-c3cc(-c4cccc(-c5ccccc5)c4)cc(-c4nc(-c5ccccc5)c5c(n4)sc4ccccc45)c3)c2)cc1. The Morgan fingerprint density at radius 2 is 0.755 bits per heavy atom. The third kappa shape index (κ3) is 5.61. The highest BCUT2D eigenvalue weighted by molar-refractivity contribution is 7.25. The van der Waals surface area contributed by atoms with Gasteiger partial charge in [-0.1, -0.05) is 146 Å². The zero-order chi connectivity index (χ0) is 32.6. The molecule has 0 saturated heterocycles. The van der Waals surface area contributed by atoms with Gasteiger partial charge in [0.15, 0.2) is 5.82 Å². The zero-order valence-electron chi connectivity index (χ0n) is 26.6. The molecule has 0 atom stereocenters. The lowest BCUT2D eigenvalue weighted by molar-refractivity contribution is 1.24. The summed E-state index contributed by atoms with van der Waals surface area (Å²) in [7, 11) is 0. The first-order valence-corrected chi connectivity index (χ1v) is 17.3. The van der Waals surface area contributed by atoms with Crippen molar-refractivity contribution in [2.75, 3.05) is 0 Å². The molecule has 2 aromatic heterocycles. The van der Waals surface area contributed by atoms with Crippen molar-refractivity contribution in [3.05, 3.63) is 182 Å². The van der Waals surface area contributed by atoms with Crippen molar-refractivity contribution < 1.29 is 0 Å². The number of thiophene rings is 1. The first-order valence-electron chi connectivity index (χ1n) is 16.5. The summed E-state index contributed by atoms with van der Waals surface area (Å²) in [5.74, 6) is 0.722. The monoisotopic (exact) mass is 642 g/mol. The van der Waals surface area contributed by atoms with E-state index in [0.29, 0.717) is 0 Å². The molecule has 0 saturated carbocycles. The van der Waals surface area contributed by atoms with Gasteiger partial charge in [-0.05, 0) is 80.9 Å². The lowest BCUT2D eigenvalue weighted by atomic mass is 9.92. The molecule has 0 radical (unpaired) electrons. The van der Waals surface area contributed by atoms with E-state index in [4.69, 9.17) is 9.97 Å². The van der Waals surface area contributed by atoms with Crippen molar-refractivity contribution in [2.24, 2.45) is 0 Å². The number of hydrogen-bond donors (Lipinski definition) is 0. The first-order chi connectivity index (χ1) is 24.3. The fraction of sp³-hybridized carbons (Fsp3) is 0. The van der Waals surface area contributed by atoms with Crippen LogP contribution < -0.4 is 0 Å². The lowest BCUT2D eigenvalue weighted by Crippen LogP contribution is -1.95. The summed E-state index contributed by atoms with van der Waals surface area (Å²) in [5.41, 5.74) is 12.3. The molecule has 230 valence electrons. The van der Waals surface area contributed by atoms with Crippen molar-refractivity contribution in [1.29, 1.82) is 0 Å². The second-order valence-corrected chi connectivity index (χ2v) is 13.3. The summed E-state index contributed by atoms with van der Waals surface area (Å²) < 4.78 is 1.21. The minimum Gasteiger partial charge on any atom is -0.227 e. The van der Waals surface area contributed by atoms with Gasteiger partial charge in [-0.15, -0.1) is 11.3 Å². The van der Waals surface area contributed by atoms with Crippen LogP contribution in [0.4, 0.5) is 0 Å². The highest BCUT2D eigenvalue weighted by atomic mass is 32.1. The third-order valence-electron chi connectivity index (χ3n) is 9.08. The lowest BCUT2D eigenvalue weighted by Gasteiger charge is -2.13. The average molecular weight is 643 g/mol. The van der Waals surface area contributed by atoms with E-state index < -0.39 is 0 Å². The molecule has 9 aromatic rings. The van der Waals surface area contributed by atoms with Gasteiger partial charge in [-0.3, -0.25) is 0 Å². The zero-order valence-corrected chi connectivity index (χ0v) is 27.4. The van der Waals surface area contributed by atoms with Gasteiger partial charge >= 0.3 is 0 Å². The largest absolute Gasteiger partial charge is 0.227 e. The summed E-state index contributed by atoms with van der Waals surface area (Å²) >= 11 is 1.73. The van der Waals surface area contributed by atoms with Gasteiger partial charge in [-0.25, -0.2) is 9.97 Å². The van der Waals surface area contributed by atoms with Gasteiger partial charge in [0, 0.05) is 26.6 Å². The van der Waals surface area contributed by atoms with Crippen molar-refractivity contribution in [2.45, 2.75) is 0 Å². The predicted molar refractivity (Wildman–Crippen MR) is 208 cm³/mol. The number of fused-ring (bicyclic) bond motifs is 3. The molecule has 9 rings (SSSR count). The van der Waals surface area contributed by atoms with E-state index in [0.717, 1.165) is 55.1 Å². The molecule has 0 aliphatic heterocycles. The molecule has 49 heavy (non-hydrogen) atoms. The van der Waals surface area contributed by atoms with E-state index in [-0.39, 0.29) is 0 Å². The molecule has 3 heteroatoms. The van der Waals surface area contributed by atoms with Crippen molar-refractivity contribution in [1.82, 2.24) is 9.97 Å². The summed E-state index contributed by atoms with van der Waals surface area (Å²) in [6, 6.07) is 64.6. The quantitative estimate of drug-likeness (QED) is 0.180. The molecule has 2 nitrogen and oxygen atoms in total. The van der Waals surface area contributed by atoms with Crippen LogP contribution in [0.2, 0.25) is 0 Å². The third-order valence-corrected chi connectivity index (χ3v) is 10.1. The van der Waals surface area contributed by atoms with Gasteiger partial charge in [-0.2, -0.15) is 0 Å². The summed E-state index contributed by atoms with van der Waals surface area (Å²) in [6.07, 6.45) is 0. The van der Waals surface area contributed by atoms with Crippen LogP contribution in [0.3, 0.4) is 0 Å². The van der Waals surface area contributed by atoms with Crippen molar-refractivity contribution in [3.63, 3.8) is 0 Å². The van der Waals surface area contributed by atoms with Crippen LogP contribution >= 0.6 is 11.3 Å². The molecule has 0 N–H and O–H groups in total. The Kier molecular flexibility index (Phi) is 7.38. The molecule has 0 fully saturated rings. The topological polar surface area (TPSA) is 25.8 Å². The second kappa shape index (κ2) is 12.5. The highest BCUT2D eigenvalue weighted by Gasteiger charge is 2.18. The molecule has 0 aliphatic rings. The van der Waals surface area contributed by atoms with E-state index >= 15 is 0 Å². The number of rotatable bonds is 6. The van der Waals surface area contributed by atoms with Crippen LogP contribution in [0.15, 0.2) is 182 Å². The minimum atomic E-state index is 0.722. The number of aromatic nitrogens is 2. The van der Waals surface area contributed by atoms with Crippen LogP contribution in [-0.4, -0.2) is 9.97 Å². The molecule has 0 unspecified atom stereocenters. The molecular formula is C46H30N2S. The molecule has 0 spiro atoms. The van der Waals surface area contributed by atoms with Crippen LogP contribution in [0.5, 0.6) is 0 Å². The van der Waals surface area contributed by atoms with Crippen LogP contribution in [0.25, 0.3) is 87.5 Å². The van der Waals surface area contributed by atoms with Crippen molar-refractivity contribution >= 4 is 31.6 Å². The Labute approximate surface area is 289 Å². The highest BCUT2D eigenvalue weighted by Crippen LogP contribution is 2.41.